The van der Waals surface area contributed by atoms with Crippen LogP contribution in [0, 0.1) is 0 Å². The van der Waals surface area contributed by atoms with Crippen molar-refractivity contribution in [2.45, 2.75) is 10.5 Å². The van der Waals surface area contributed by atoms with Crippen LogP contribution in [0.25, 0.3) is 0 Å². The second-order valence-electron chi connectivity index (χ2n) is 7.49. The Morgan fingerprint density at radius 2 is 1.62 bits per heavy atom. The van der Waals surface area contributed by atoms with Crippen molar-refractivity contribution in [3.05, 3.63) is 77.6 Å². The van der Waals surface area contributed by atoms with Crippen molar-refractivity contribution in [1.29, 1.82) is 0 Å². The van der Waals surface area contributed by atoms with E-state index >= 15 is 0 Å². The molecule has 13 nitrogen and oxygen atoms in total. The van der Waals surface area contributed by atoms with Gasteiger partial charge in [-0.2, -0.15) is 21.4 Å². The molecule has 0 spiro atoms. The van der Waals surface area contributed by atoms with Crippen molar-refractivity contribution in [3.63, 3.8) is 0 Å². The Morgan fingerprint density at radius 1 is 0.973 bits per heavy atom. The van der Waals surface area contributed by atoms with Crippen molar-refractivity contribution in [3.8, 4) is 0 Å². The minimum atomic E-state index is -5.25. The molecule has 37 heavy (non-hydrogen) atoms. The maximum Gasteiger partial charge on any atom is 1.00 e. The van der Waals surface area contributed by atoms with Crippen LogP contribution in [0.4, 0.5) is 0 Å². The Hall–Kier alpha value is -0.517. The zero-order valence-corrected chi connectivity index (χ0v) is 27.7. The first-order valence-electron chi connectivity index (χ1n) is 9.83. The molecule has 0 saturated heterocycles. The fourth-order valence-corrected chi connectivity index (χ4v) is 6.09. The van der Waals surface area contributed by atoms with E-state index in [0.717, 1.165) is 4.58 Å². The Bertz CT molecular complexity index is 1610. The minimum Gasteiger partial charge on any atom is -1.00 e. The molecule has 0 bridgehead atoms. The molecule has 4 rings (SSSR count). The summed E-state index contributed by atoms with van der Waals surface area (Å²) in [5, 5.41) is -4.44. The number of nitrogens with one attached hydrogen (secondary N) is 2. The van der Waals surface area contributed by atoms with E-state index in [2.05, 4.69) is 19.9 Å². The molecule has 2 unspecified atom stereocenters. The van der Waals surface area contributed by atoms with Crippen LogP contribution in [0.15, 0.2) is 60.0 Å². The van der Waals surface area contributed by atoms with E-state index in [1.165, 1.54) is 62.0 Å². The molecule has 0 radical (unpaired) electrons. The van der Waals surface area contributed by atoms with Crippen LogP contribution >= 0.6 is 0 Å². The van der Waals surface area contributed by atoms with Crippen molar-refractivity contribution >= 4 is 43.5 Å². The molecule has 2 amide bonds. The monoisotopic (exact) mass is 600 g/mol. The summed E-state index contributed by atoms with van der Waals surface area (Å²) in [5.74, 6) is -2.24. The molecule has 0 fully saturated rings. The third kappa shape index (κ3) is 6.80. The van der Waals surface area contributed by atoms with Crippen LogP contribution in [0.2, 0.25) is 0 Å². The standard InChI is InChI=1S/C20H17N5O8S2.2K.2H/c1-25(20(27)13-7-4-8-21-13)15-11-5-2-3-6-12(11)16(34(28,29)30)14(17(15)35(31,32)33)24-19(26)18-22-9-10-23-18;;;;/h2-10,16-17H,1H3,(H3-,21,22,23,26,27,28,29,30,31,32,33);;;;/q;2*+1;2*-1/p+1. The molecule has 0 saturated carbocycles. The Kier molecular flexibility index (Phi) is 11.3. The summed E-state index contributed by atoms with van der Waals surface area (Å²) in [7, 11) is -9.16. The van der Waals surface area contributed by atoms with Gasteiger partial charge in [0.25, 0.3) is 20.2 Å². The fourth-order valence-electron chi connectivity index (χ4n) is 3.92. The topological polar surface area (TPSA) is 203 Å². The number of aromatic nitrogens is 3. The normalized spacial score (nSPS) is 19.8. The summed E-state index contributed by atoms with van der Waals surface area (Å²) in [6.45, 7) is 0. The van der Waals surface area contributed by atoms with Gasteiger partial charge in [-0.05, 0) is 23.8 Å². The average molecular weight is 601 g/mol. The molecule has 1 aliphatic carbocycles. The number of rotatable bonds is 4. The van der Waals surface area contributed by atoms with Gasteiger partial charge in [0.1, 0.15) is 7.05 Å². The molecule has 2 atom stereocenters. The maximum absolute atomic E-state index is 13.1. The number of H-pyrrole nitrogens is 2. The number of carbonyl (C=O) groups is 2. The summed E-state index contributed by atoms with van der Waals surface area (Å²) in [5.41, 5.74) is -1.44. The molecule has 186 valence electrons. The van der Waals surface area contributed by atoms with E-state index in [4.69, 9.17) is 0 Å². The third-order valence-electron chi connectivity index (χ3n) is 5.33. The SMILES string of the molecule is C[N+](C(=O)c1ccc[nH]1)=C1c2ccccc2C(S(=O)(=O)O)C(=NC(=O)c2ncc[nH]2)C1S(=O)(=O)O.[H-].[H-].[K+].[K+]. The van der Waals surface area contributed by atoms with Gasteiger partial charge >= 0.3 is 115 Å². The van der Waals surface area contributed by atoms with Crippen molar-refractivity contribution < 1.29 is 146 Å². The second-order valence-corrected chi connectivity index (χ2v) is 10.5. The number of carbonyl (C=O) groups excluding carboxylic acids is 2. The number of hydrogen-bond donors (Lipinski definition) is 4. The largest absolute Gasteiger partial charge is 1.00 e. The van der Waals surface area contributed by atoms with E-state index in [1.807, 2.05) is 0 Å². The van der Waals surface area contributed by atoms with Crippen LogP contribution < -0.4 is 103 Å². The first-order valence-corrected chi connectivity index (χ1v) is 12.8. The zero-order chi connectivity index (χ0) is 25.5. The van der Waals surface area contributed by atoms with Gasteiger partial charge in [0.2, 0.25) is 11.0 Å². The number of nitrogens with zero attached hydrogens (tertiary/aromatic N) is 3. The van der Waals surface area contributed by atoms with Gasteiger partial charge in [-0.1, -0.05) is 18.2 Å². The predicted octanol–water partition coefficient (Wildman–Crippen LogP) is -5.28. The predicted molar refractivity (Wildman–Crippen MR) is 124 cm³/mol. The Labute approximate surface area is 299 Å². The van der Waals surface area contributed by atoms with Crippen LogP contribution in [0.3, 0.4) is 0 Å². The van der Waals surface area contributed by atoms with E-state index in [1.54, 1.807) is 0 Å². The molecule has 1 aromatic carbocycles. The zero-order valence-electron chi connectivity index (χ0n) is 21.9. The van der Waals surface area contributed by atoms with Gasteiger partial charge in [0.15, 0.2) is 16.8 Å². The van der Waals surface area contributed by atoms with E-state index < -0.39 is 48.3 Å². The molecular formula is C20H20K2N5O8S2+. The number of fused-ring (bicyclic) bond motifs is 1. The summed E-state index contributed by atoms with van der Waals surface area (Å²) in [4.78, 5) is 38.3. The van der Waals surface area contributed by atoms with Crippen LogP contribution in [0.1, 0.15) is 40.3 Å². The average Bonchev–Trinajstić information content (AvgIpc) is 3.50. The van der Waals surface area contributed by atoms with Gasteiger partial charge < -0.3 is 12.8 Å². The van der Waals surface area contributed by atoms with Crippen LogP contribution in [0.5, 0.6) is 0 Å². The first kappa shape index (κ1) is 32.7. The molecular weight excluding hydrogens is 581 g/mol. The van der Waals surface area contributed by atoms with E-state index in [-0.39, 0.29) is 134 Å². The Balaban J connectivity index is 0.00000361. The fraction of sp³-hybridized carbons (Fsp3) is 0.150. The summed E-state index contributed by atoms with van der Waals surface area (Å²) < 4.78 is 71.4. The summed E-state index contributed by atoms with van der Waals surface area (Å²) >= 11 is 0. The molecule has 2 aromatic heterocycles. The number of benzene rings is 1. The van der Waals surface area contributed by atoms with Gasteiger partial charge in [-0.15, -0.1) is 0 Å². The maximum atomic E-state index is 13.1. The quantitative estimate of drug-likeness (QED) is 0.128. The molecule has 4 N–H and O–H groups in total. The number of amides is 2. The summed E-state index contributed by atoms with van der Waals surface area (Å²) in [6.07, 6.45) is 3.96. The van der Waals surface area contributed by atoms with Gasteiger partial charge in [-0.3, -0.25) is 13.9 Å². The molecule has 1 aliphatic rings. The van der Waals surface area contributed by atoms with Crippen molar-refractivity contribution in [2.24, 2.45) is 4.99 Å². The molecule has 3 aromatic rings. The number of aromatic amines is 2. The third-order valence-corrected chi connectivity index (χ3v) is 7.48. The van der Waals surface area contributed by atoms with Gasteiger partial charge in [0.05, 0.1) is 5.71 Å². The van der Waals surface area contributed by atoms with E-state index in [0.29, 0.717) is 0 Å². The molecule has 0 aliphatic heterocycles. The van der Waals surface area contributed by atoms with Gasteiger partial charge in [0, 0.05) is 24.2 Å². The minimum absolute atomic E-state index is 0. The van der Waals surface area contributed by atoms with Gasteiger partial charge in [-0.25, -0.2) is 14.8 Å². The molecule has 17 heteroatoms. The number of aliphatic imine (C=N–C) groups is 1. The van der Waals surface area contributed by atoms with Crippen molar-refractivity contribution in [1.82, 2.24) is 15.0 Å². The number of imidazole rings is 1. The van der Waals surface area contributed by atoms with Crippen LogP contribution in [-0.4, -0.2) is 81.0 Å². The van der Waals surface area contributed by atoms with E-state index in [9.17, 15) is 35.5 Å². The first-order chi connectivity index (χ1) is 16.4. The Morgan fingerprint density at radius 3 is 2.16 bits per heavy atom. The van der Waals surface area contributed by atoms with Crippen LogP contribution in [-0.2, 0) is 20.2 Å². The van der Waals surface area contributed by atoms with Crippen molar-refractivity contribution in [2.75, 3.05) is 7.05 Å². The second kappa shape index (κ2) is 12.8. The number of hydrogen-bond acceptors (Lipinski definition) is 7. The summed E-state index contributed by atoms with van der Waals surface area (Å²) in [6, 6.07) is 8.42. The smallest absolute Gasteiger partial charge is 1.00 e. The molecule has 2 heterocycles.